The Morgan fingerprint density at radius 2 is 1.87 bits per heavy atom. The smallest absolute Gasteiger partial charge is 0.193 e. The van der Waals surface area contributed by atoms with Crippen molar-refractivity contribution < 1.29 is 4.42 Å². The SMILES string of the molecule is Cl.O=c1cc(-c2cccs2)oc2ccc(N3CCCCC3)cc12. The highest BCUT2D eigenvalue weighted by Gasteiger charge is 2.13. The van der Waals surface area contributed by atoms with E-state index in [0.717, 1.165) is 23.7 Å². The largest absolute Gasteiger partial charge is 0.455 e. The third-order valence-corrected chi connectivity index (χ3v) is 5.08. The molecule has 5 heteroatoms. The van der Waals surface area contributed by atoms with Gasteiger partial charge in [-0.3, -0.25) is 4.79 Å². The summed E-state index contributed by atoms with van der Waals surface area (Å²) in [6.07, 6.45) is 3.75. The zero-order valence-corrected chi connectivity index (χ0v) is 14.3. The Bertz CT molecular complexity index is 851. The summed E-state index contributed by atoms with van der Waals surface area (Å²) in [5.41, 5.74) is 1.82. The second kappa shape index (κ2) is 6.77. The fourth-order valence-corrected chi connectivity index (χ4v) is 3.71. The summed E-state index contributed by atoms with van der Waals surface area (Å²) in [4.78, 5) is 15.8. The Hall–Kier alpha value is -1.78. The average Bonchev–Trinajstić information content (AvgIpc) is 3.10. The number of hydrogen-bond donors (Lipinski definition) is 0. The minimum atomic E-state index is 0. The van der Waals surface area contributed by atoms with E-state index in [4.69, 9.17) is 4.42 Å². The number of thiophene rings is 1. The number of rotatable bonds is 2. The maximum absolute atomic E-state index is 12.5. The molecule has 0 unspecified atom stereocenters. The van der Waals surface area contributed by atoms with Crippen molar-refractivity contribution in [3.05, 3.63) is 52.0 Å². The summed E-state index contributed by atoms with van der Waals surface area (Å²) in [6, 6.07) is 11.5. The molecule has 0 spiro atoms. The Labute approximate surface area is 145 Å². The summed E-state index contributed by atoms with van der Waals surface area (Å²) < 4.78 is 5.92. The zero-order chi connectivity index (χ0) is 14.9. The lowest BCUT2D eigenvalue weighted by Crippen LogP contribution is -2.29. The molecule has 4 rings (SSSR count). The monoisotopic (exact) mass is 347 g/mol. The highest BCUT2D eigenvalue weighted by Crippen LogP contribution is 2.28. The van der Waals surface area contributed by atoms with Crippen molar-refractivity contribution in [1.82, 2.24) is 0 Å². The van der Waals surface area contributed by atoms with Crippen molar-refractivity contribution >= 4 is 40.4 Å². The van der Waals surface area contributed by atoms with E-state index < -0.39 is 0 Å². The van der Waals surface area contributed by atoms with Crippen LogP contribution in [0, 0.1) is 0 Å². The second-order valence-electron chi connectivity index (χ2n) is 5.68. The van der Waals surface area contributed by atoms with E-state index in [2.05, 4.69) is 11.0 Å². The quantitative estimate of drug-likeness (QED) is 0.658. The number of halogens is 1. The number of nitrogens with zero attached hydrogens (tertiary/aromatic N) is 1. The highest BCUT2D eigenvalue weighted by atomic mass is 35.5. The van der Waals surface area contributed by atoms with Gasteiger partial charge in [0, 0.05) is 24.8 Å². The molecule has 0 N–H and O–H groups in total. The van der Waals surface area contributed by atoms with Crippen LogP contribution in [-0.2, 0) is 0 Å². The van der Waals surface area contributed by atoms with Crippen molar-refractivity contribution in [1.29, 1.82) is 0 Å². The molecule has 2 aromatic heterocycles. The van der Waals surface area contributed by atoms with Crippen LogP contribution in [0.25, 0.3) is 21.6 Å². The predicted octanol–water partition coefficient (Wildman–Crippen LogP) is 4.93. The highest BCUT2D eigenvalue weighted by molar-refractivity contribution is 7.13. The van der Waals surface area contributed by atoms with E-state index in [1.807, 2.05) is 29.6 Å². The first kappa shape index (κ1) is 16.1. The maximum Gasteiger partial charge on any atom is 0.193 e. The third kappa shape index (κ3) is 3.14. The van der Waals surface area contributed by atoms with E-state index in [1.165, 1.54) is 19.3 Å². The van der Waals surface area contributed by atoms with Crippen LogP contribution in [0.1, 0.15) is 19.3 Å². The van der Waals surface area contributed by atoms with Crippen LogP contribution in [0.3, 0.4) is 0 Å². The topological polar surface area (TPSA) is 33.5 Å². The van der Waals surface area contributed by atoms with Gasteiger partial charge in [-0.05, 0) is 48.9 Å². The van der Waals surface area contributed by atoms with Crippen molar-refractivity contribution in [3.8, 4) is 10.6 Å². The van der Waals surface area contributed by atoms with Gasteiger partial charge in [0.1, 0.15) is 11.3 Å². The predicted molar refractivity (Wildman–Crippen MR) is 99.1 cm³/mol. The summed E-state index contributed by atoms with van der Waals surface area (Å²) in [7, 11) is 0. The Morgan fingerprint density at radius 1 is 1.04 bits per heavy atom. The molecule has 23 heavy (non-hydrogen) atoms. The van der Waals surface area contributed by atoms with Crippen LogP contribution in [0.5, 0.6) is 0 Å². The van der Waals surface area contributed by atoms with Crippen molar-refractivity contribution in [3.63, 3.8) is 0 Å². The molecule has 3 nitrogen and oxygen atoms in total. The van der Waals surface area contributed by atoms with E-state index in [9.17, 15) is 4.79 Å². The van der Waals surface area contributed by atoms with E-state index in [0.29, 0.717) is 16.7 Å². The molecular formula is C18H18ClNO2S. The van der Waals surface area contributed by atoms with E-state index in [-0.39, 0.29) is 17.8 Å². The van der Waals surface area contributed by atoms with Crippen LogP contribution < -0.4 is 10.3 Å². The lowest BCUT2D eigenvalue weighted by atomic mass is 10.1. The van der Waals surface area contributed by atoms with E-state index >= 15 is 0 Å². The molecule has 1 saturated heterocycles. The van der Waals surface area contributed by atoms with Gasteiger partial charge in [-0.2, -0.15) is 0 Å². The lowest BCUT2D eigenvalue weighted by molar-refractivity contribution is 0.577. The first-order valence-corrected chi connectivity index (χ1v) is 8.56. The van der Waals surface area contributed by atoms with Gasteiger partial charge in [0.2, 0.25) is 0 Å². The number of piperidine rings is 1. The van der Waals surface area contributed by atoms with Gasteiger partial charge in [0.25, 0.3) is 0 Å². The molecule has 3 heterocycles. The fraction of sp³-hybridized carbons (Fsp3) is 0.278. The molecule has 1 aliphatic rings. The molecule has 0 radical (unpaired) electrons. The minimum absolute atomic E-state index is 0. The fourth-order valence-electron chi connectivity index (χ4n) is 3.03. The molecule has 0 saturated carbocycles. The van der Waals surface area contributed by atoms with Crippen LogP contribution in [0.15, 0.2) is 51.0 Å². The second-order valence-corrected chi connectivity index (χ2v) is 6.63. The van der Waals surface area contributed by atoms with Gasteiger partial charge in [0.05, 0.1) is 10.3 Å². The van der Waals surface area contributed by atoms with Crippen molar-refractivity contribution in [2.45, 2.75) is 19.3 Å². The van der Waals surface area contributed by atoms with Gasteiger partial charge >= 0.3 is 0 Å². The average molecular weight is 348 g/mol. The molecule has 0 bridgehead atoms. The standard InChI is InChI=1S/C18H17NO2S.ClH/c20-15-12-17(18-5-4-10-22-18)21-16-7-6-13(11-14(15)16)19-8-2-1-3-9-19;/h4-7,10-12H,1-3,8-9H2;1H. The van der Waals surface area contributed by atoms with Gasteiger partial charge in [0.15, 0.2) is 5.43 Å². The van der Waals surface area contributed by atoms with Crippen LogP contribution in [0.2, 0.25) is 0 Å². The Kier molecular flexibility index (Phi) is 4.74. The first-order chi connectivity index (χ1) is 10.8. The van der Waals surface area contributed by atoms with Gasteiger partial charge in [-0.1, -0.05) is 6.07 Å². The number of benzene rings is 1. The Balaban J connectivity index is 0.00000156. The zero-order valence-electron chi connectivity index (χ0n) is 12.7. The molecule has 0 aliphatic carbocycles. The van der Waals surface area contributed by atoms with Gasteiger partial charge in [-0.15, -0.1) is 23.7 Å². The summed E-state index contributed by atoms with van der Waals surface area (Å²) in [5, 5.41) is 2.65. The molecule has 1 fully saturated rings. The first-order valence-electron chi connectivity index (χ1n) is 7.68. The molecule has 0 amide bonds. The Morgan fingerprint density at radius 3 is 2.61 bits per heavy atom. The molecule has 1 aliphatic heterocycles. The van der Waals surface area contributed by atoms with Crippen LogP contribution >= 0.6 is 23.7 Å². The van der Waals surface area contributed by atoms with Crippen LogP contribution in [-0.4, -0.2) is 13.1 Å². The minimum Gasteiger partial charge on any atom is -0.455 e. The van der Waals surface area contributed by atoms with Gasteiger partial charge in [-0.25, -0.2) is 0 Å². The van der Waals surface area contributed by atoms with E-state index in [1.54, 1.807) is 17.4 Å². The molecule has 120 valence electrons. The summed E-state index contributed by atoms with van der Waals surface area (Å²) in [5.74, 6) is 0.651. The number of fused-ring (bicyclic) bond motifs is 1. The summed E-state index contributed by atoms with van der Waals surface area (Å²) >= 11 is 1.58. The lowest BCUT2D eigenvalue weighted by Gasteiger charge is -2.28. The molecule has 3 aromatic rings. The number of hydrogen-bond acceptors (Lipinski definition) is 4. The normalized spacial score (nSPS) is 14.7. The summed E-state index contributed by atoms with van der Waals surface area (Å²) in [6.45, 7) is 2.15. The van der Waals surface area contributed by atoms with Gasteiger partial charge < -0.3 is 9.32 Å². The molecule has 1 aromatic carbocycles. The molecule has 0 atom stereocenters. The number of anilines is 1. The van der Waals surface area contributed by atoms with Crippen LogP contribution in [0.4, 0.5) is 5.69 Å². The van der Waals surface area contributed by atoms with Crippen molar-refractivity contribution in [2.24, 2.45) is 0 Å². The third-order valence-electron chi connectivity index (χ3n) is 4.20. The molecular weight excluding hydrogens is 330 g/mol. The van der Waals surface area contributed by atoms with Crippen molar-refractivity contribution in [2.75, 3.05) is 18.0 Å². The maximum atomic E-state index is 12.5.